The summed E-state index contributed by atoms with van der Waals surface area (Å²) in [7, 11) is -3.53. The lowest BCUT2D eigenvalue weighted by molar-refractivity contribution is 0.535. The van der Waals surface area contributed by atoms with Gasteiger partial charge in [-0.2, -0.15) is 0 Å². The Morgan fingerprint density at radius 3 is 2.26 bits per heavy atom. The van der Waals surface area contributed by atoms with E-state index in [1.54, 1.807) is 12.1 Å². The molecule has 1 saturated carbocycles. The third kappa shape index (κ3) is 4.05. The molecule has 4 nitrogen and oxygen atoms in total. The average Bonchev–Trinajstić information content (AvgIpc) is 2.95. The van der Waals surface area contributed by atoms with Crippen molar-refractivity contribution in [2.45, 2.75) is 36.2 Å². The Morgan fingerprint density at radius 2 is 1.57 bits per heavy atom. The van der Waals surface area contributed by atoms with Gasteiger partial charge < -0.3 is 5.32 Å². The van der Waals surface area contributed by atoms with Crippen LogP contribution in [0.5, 0.6) is 0 Å². The number of nitrogens with one attached hydrogen (secondary N) is 2. The maximum absolute atomic E-state index is 12.5. The van der Waals surface area contributed by atoms with Crippen LogP contribution in [-0.2, 0) is 10.0 Å². The second kappa shape index (κ2) is 6.91. The predicted molar refractivity (Wildman–Crippen MR) is 93.3 cm³/mol. The van der Waals surface area contributed by atoms with Crippen molar-refractivity contribution >= 4 is 27.3 Å². The van der Waals surface area contributed by atoms with Gasteiger partial charge in [-0.15, -0.1) is 0 Å². The summed E-state index contributed by atoms with van der Waals surface area (Å²) in [6.07, 6.45) is 2.78. The molecule has 1 fully saturated rings. The Labute approximate surface area is 141 Å². The monoisotopic (exact) mass is 350 g/mol. The molecule has 0 unspecified atom stereocenters. The third-order valence-corrected chi connectivity index (χ3v) is 5.83. The van der Waals surface area contributed by atoms with E-state index in [2.05, 4.69) is 10.0 Å². The SMILES string of the molecule is O=S(=O)(N[C@@H]1CCC[C@H]1Nc1ccccc1)c1ccc(Cl)cc1. The average molecular weight is 351 g/mol. The van der Waals surface area contributed by atoms with Crippen LogP contribution >= 0.6 is 11.6 Å². The van der Waals surface area contributed by atoms with Crippen LogP contribution in [-0.4, -0.2) is 20.5 Å². The van der Waals surface area contributed by atoms with Crippen molar-refractivity contribution in [1.82, 2.24) is 4.72 Å². The molecule has 2 aromatic rings. The Bertz CT molecular complexity index is 748. The van der Waals surface area contributed by atoms with Gasteiger partial charge in [-0.25, -0.2) is 13.1 Å². The van der Waals surface area contributed by atoms with E-state index in [1.165, 1.54) is 12.1 Å². The molecule has 3 rings (SSSR count). The van der Waals surface area contributed by atoms with Gasteiger partial charge in [0.25, 0.3) is 0 Å². The number of hydrogen-bond acceptors (Lipinski definition) is 3. The van der Waals surface area contributed by atoms with Crippen LogP contribution in [0.1, 0.15) is 19.3 Å². The van der Waals surface area contributed by atoms with Crippen LogP contribution in [0.25, 0.3) is 0 Å². The quantitative estimate of drug-likeness (QED) is 0.865. The van der Waals surface area contributed by atoms with Gasteiger partial charge in [0.1, 0.15) is 0 Å². The molecular weight excluding hydrogens is 332 g/mol. The van der Waals surface area contributed by atoms with Gasteiger partial charge in [-0.3, -0.25) is 0 Å². The van der Waals surface area contributed by atoms with Gasteiger partial charge in [0, 0.05) is 22.8 Å². The van der Waals surface area contributed by atoms with E-state index in [-0.39, 0.29) is 17.0 Å². The first-order chi connectivity index (χ1) is 11.0. The number of anilines is 1. The van der Waals surface area contributed by atoms with Gasteiger partial charge in [0.05, 0.1) is 4.90 Å². The molecule has 0 saturated heterocycles. The first-order valence-corrected chi connectivity index (χ1v) is 9.50. The number of benzene rings is 2. The zero-order chi connectivity index (χ0) is 16.3. The minimum absolute atomic E-state index is 0.0967. The minimum Gasteiger partial charge on any atom is -0.381 e. The van der Waals surface area contributed by atoms with Crippen LogP contribution in [0.4, 0.5) is 5.69 Å². The molecule has 0 heterocycles. The van der Waals surface area contributed by atoms with Gasteiger partial charge in [0.2, 0.25) is 10.0 Å². The maximum Gasteiger partial charge on any atom is 0.240 e. The lowest BCUT2D eigenvalue weighted by Gasteiger charge is -2.23. The van der Waals surface area contributed by atoms with E-state index >= 15 is 0 Å². The van der Waals surface area contributed by atoms with Crippen LogP contribution in [0.15, 0.2) is 59.5 Å². The summed E-state index contributed by atoms with van der Waals surface area (Å²) in [6, 6.07) is 16.1. The Morgan fingerprint density at radius 1 is 0.913 bits per heavy atom. The molecule has 0 amide bonds. The first-order valence-electron chi connectivity index (χ1n) is 7.64. The number of para-hydroxylation sites is 1. The summed E-state index contributed by atoms with van der Waals surface area (Å²) < 4.78 is 27.9. The second-order valence-electron chi connectivity index (χ2n) is 5.73. The molecule has 1 aliphatic carbocycles. The summed E-state index contributed by atoms with van der Waals surface area (Å²) in [5, 5.41) is 3.95. The highest BCUT2D eigenvalue weighted by Gasteiger charge is 2.31. The first kappa shape index (κ1) is 16.3. The molecule has 6 heteroatoms. The van der Waals surface area contributed by atoms with Crippen molar-refractivity contribution in [1.29, 1.82) is 0 Å². The van der Waals surface area contributed by atoms with Crippen LogP contribution in [0.3, 0.4) is 0 Å². The van der Waals surface area contributed by atoms with Gasteiger partial charge in [-0.1, -0.05) is 29.8 Å². The molecule has 0 radical (unpaired) electrons. The zero-order valence-electron chi connectivity index (χ0n) is 12.6. The molecule has 0 bridgehead atoms. The minimum atomic E-state index is -3.53. The number of sulfonamides is 1. The van der Waals surface area contributed by atoms with Crippen molar-refractivity contribution in [2.75, 3.05) is 5.32 Å². The normalized spacial score (nSPS) is 21.3. The van der Waals surface area contributed by atoms with Crippen molar-refractivity contribution in [2.24, 2.45) is 0 Å². The largest absolute Gasteiger partial charge is 0.381 e. The van der Waals surface area contributed by atoms with Crippen molar-refractivity contribution < 1.29 is 8.42 Å². The van der Waals surface area contributed by atoms with Crippen molar-refractivity contribution in [3.05, 3.63) is 59.6 Å². The maximum atomic E-state index is 12.5. The molecular formula is C17H19ClN2O2S. The molecule has 23 heavy (non-hydrogen) atoms. The highest BCUT2D eigenvalue weighted by Crippen LogP contribution is 2.25. The number of rotatable bonds is 5. The van der Waals surface area contributed by atoms with E-state index < -0.39 is 10.0 Å². The highest BCUT2D eigenvalue weighted by atomic mass is 35.5. The van der Waals surface area contributed by atoms with Crippen molar-refractivity contribution in [3.8, 4) is 0 Å². The predicted octanol–water partition coefficient (Wildman–Crippen LogP) is 3.65. The molecule has 2 N–H and O–H groups in total. The van der Waals surface area contributed by atoms with Gasteiger partial charge >= 0.3 is 0 Å². The number of hydrogen-bond donors (Lipinski definition) is 2. The lowest BCUT2D eigenvalue weighted by Crippen LogP contribution is -2.43. The van der Waals surface area contributed by atoms with E-state index in [9.17, 15) is 8.42 Å². The molecule has 0 aromatic heterocycles. The molecule has 0 aliphatic heterocycles. The van der Waals surface area contributed by atoms with E-state index in [1.807, 2.05) is 30.3 Å². The lowest BCUT2D eigenvalue weighted by atomic mass is 10.2. The standard InChI is InChI=1S/C17H19ClN2O2S/c18-13-9-11-15(12-10-13)23(21,22)20-17-8-4-7-16(17)19-14-5-2-1-3-6-14/h1-3,5-6,9-12,16-17,19-20H,4,7-8H2/t16-,17-/m1/s1. The highest BCUT2D eigenvalue weighted by molar-refractivity contribution is 7.89. The van der Waals surface area contributed by atoms with E-state index in [0.717, 1.165) is 24.9 Å². The molecule has 1 aliphatic rings. The molecule has 0 spiro atoms. The molecule has 122 valence electrons. The zero-order valence-corrected chi connectivity index (χ0v) is 14.1. The topological polar surface area (TPSA) is 58.2 Å². The van der Waals surface area contributed by atoms with Crippen LogP contribution < -0.4 is 10.0 Å². The van der Waals surface area contributed by atoms with Gasteiger partial charge in [0.15, 0.2) is 0 Å². The van der Waals surface area contributed by atoms with Gasteiger partial charge in [-0.05, 0) is 55.7 Å². The Hall–Kier alpha value is -1.56. The summed E-state index contributed by atoms with van der Waals surface area (Å²) in [5.74, 6) is 0. The van der Waals surface area contributed by atoms with Crippen molar-refractivity contribution in [3.63, 3.8) is 0 Å². The summed E-state index contributed by atoms with van der Waals surface area (Å²) in [5.41, 5.74) is 1.01. The van der Waals surface area contributed by atoms with Crippen LogP contribution in [0, 0.1) is 0 Å². The molecule has 2 atom stereocenters. The summed E-state index contributed by atoms with van der Waals surface area (Å²) in [4.78, 5) is 0.243. The summed E-state index contributed by atoms with van der Waals surface area (Å²) >= 11 is 5.82. The smallest absolute Gasteiger partial charge is 0.240 e. The number of halogens is 1. The van der Waals surface area contributed by atoms with Crippen LogP contribution in [0.2, 0.25) is 5.02 Å². The Kier molecular flexibility index (Phi) is 4.90. The molecule has 2 aromatic carbocycles. The van der Waals surface area contributed by atoms with E-state index in [4.69, 9.17) is 11.6 Å². The third-order valence-electron chi connectivity index (χ3n) is 4.07. The fourth-order valence-electron chi connectivity index (χ4n) is 2.90. The fraction of sp³-hybridized carbons (Fsp3) is 0.294. The second-order valence-corrected chi connectivity index (χ2v) is 7.88. The fourth-order valence-corrected chi connectivity index (χ4v) is 4.34. The van der Waals surface area contributed by atoms with E-state index in [0.29, 0.717) is 5.02 Å². The Balaban J connectivity index is 1.72. The summed E-state index contributed by atoms with van der Waals surface area (Å²) in [6.45, 7) is 0.